The van der Waals surface area contributed by atoms with Crippen LogP contribution in [-0.4, -0.2) is 74.6 Å². The predicted octanol–water partition coefficient (Wildman–Crippen LogP) is 2.27. The van der Waals surface area contributed by atoms with Crippen LogP contribution in [0, 0.1) is 0 Å². The molecule has 3 fully saturated rings. The molecule has 4 rings (SSSR count). The second kappa shape index (κ2) is 8.33. The standard InChI is InChI=1S/C20H24F3N3O4/c21-20(22,23)12-30-17-9-25(10-17)16-4-1-13(2-5-16)14-7-26(8-14)18(27)6-3-15-11-29-19(28)24-15/h1-2,4-5,14-15,17H,3,6-12H2,(H,24,28)/t15-/m1/s1. The number of hydrogen-bond donors (Lipinski definition) is 1. The molecular weight excluding hydrogens is 403 g/mol. The van der Waals surface area contributed by atoms with Gasteiger partial charge in [-0.2, -0.15) is 13.2 Å². The van der Waals surface area contributed by atoms with Gasteiger partial charge in [-0.25, -0.2) is 4.79 Å². The molecule has 3 heterocycles. The van der Waals surface area contributed by atoms with Gasteiger partial charge in [0, 0.05) is 44.2 Å². The summed E-state index contributed by atoms with van der Waals surface area (Å²) in [6.07, 6.45) is -4.15. The fourth-order valence-electron chi connectivity index (χ4n) is 3.85. The molecule has 7 nitrogen and oxygen atoms in total. The lowest BCUT2D eigenvalue weighted by Gasteiger charge is -2.42. The number of anilines is 1. The second-order valence-corrected chi connectivity index (χ2v) is 8.02. The van der Waals surface area contributed by atoms with E-state index in [0.29, 0.717) is 45.6 Å². The lowest BCUT2D eigenvalue weighted by molar-refractivity contribution is -0.187. The Balaban J connectivity index is 1.16. The van der Waals surface area contributed by atoms with Crippen LogP contribution in [0.1, 0.15) is 24.3 Å². The van der Waals surface area contributed by atoms with Crippen LogP contribution in [0.2, 0.25) is 0 Å². The molecule has 2 amide bonds. The number of hydrogen-bond acceptors (Lipinski definition) is 5. The lowest BCUT2D eigenvalue weighted by Crippen LogP contribution is -2.53. The van der Waals surface area contributed by atoms with Gasteiger partial charge in [0.05, 0.1) is 12.1 Å². The van der Waals surface area contributed by atoms with E-state index in [1.165, 1.54) is 0 Å². The number of benzene rings is 1. The molecule has 1 aromatic rings. The highest BCUT2D eigenvalue weighted by molar-refractivity contribution is 5.77. The molecule has 0 unspecified atom stereocenters. The number of halogens is 3. The summed E-state index contributed by atoms with van der Waals surface area (Å²) in [5, 5.41) is 2.67. The van der Waals surface area contributed by atoms with Crippen molar-refractivity contribution < 1.29 is 32.2 Å². The molecule has 1 atom stereocenters. The van der Waals surface area contributed by atoms with Crippen molar-refractivity contribution in [2.24, 2.45) is 0 Å². The van der Waals surface area contributed by atoms with Crippen molar-refractivity contribution in [3.63, 3.8) is 0 Å². The van der Waals surface area contributed by atoms with E-state index >= 15 is 0 Å². The minimum Gasteiger partial charge on any atom is -0.447 e. The molecule has 164 valence electrons. The zero-order valence-corrected chi connectivity index (χ0v) is 16.4. The Bertz CT molecular complexity index is 774. The average Bonchev–Trinajstić information content (AvgIpc) is 3.03. The first-order valence-electron chi connectivity index (χ1n) is 10.0. The van der Waals surface area contributed by atoms with E-state index < -0.39 is 18.9 Å². The van der Waals surface area contributed by atoms with Crippen molar-refractivity contribution in [1.29, 1.82) is 0 Å². The Morgan fingerprint density at radius 2 is 1.87 bits per heavy atom. The van der Waals surface area contributed by atoms with Crippen LogP contribution >= 0.6 is 0 Å². The van der Waals surface area contributed by atoms with Crippen molar-refractivity contribution in [2.75, 3.05) is 44.3 Å². The van der Waals surface area contributed by atoms with E-state index in [2.05, 4.69) is 5.32 Å². The molecule has 0 spiro atoms. The maximum absolute atomic E-state index is 12.3. The summed E-state index contributed by atoms with van der Waals surface area (Å²) < 4.78 is 46.2. The third kappa shape index (κ3) is 4.97. The Hall–Kier alpha value is -2.49. The van der Waals surface area contributed by atoms with Crippen molar-refractivity contribution in [3.8, 4) is 0 Å². The van der Waals surface area contributed by atoms with E-state index in [-0.39, 0.29) is 24.0 Å². The Kier molecular flexibility index (Phi) is 5.77. The van der Waals surface area contributed by atoms with Gasteiger partial charge in [-0.3, -0.25) is 4.79 Å². The maximum atomic E-state index is 12.3. The molecule has 30 heavy (non-hydrogen) atoms. The first-order valence-corrected chi connectivity index (χ1v) is 10.0. The zero-order valence-electron chi connectivity index (χ0n) is 16.4. The molecule has 1 N–H and O–H groups in total. The normalized spacial score (nSPS) is 22.4. The van der Waals surface area contributed by atoms with E-state index in [4.69, 9.17) is 9.47 Å². The van der Waals surface area contributed by atoms with E-state index in [1.807, 2.05) is 34.1 Å². The van der Waals surface area contributed by atoms with Crippen LogP contribution in [-0.2, 0) is 14.3 Å². The van der Waals surface area contributed by atoms with Crippen LogP contribution in [0.5, 0.6) is 0 Å². The fraction of sp³-hybridized carbons (Fsp3) is 0.600. The molecule has 0 aromatic heterocycles. The molecule has 3 aliphatic rings. The lowest BCUT2D eigenvalue weighted by atomic mass is 9.90. The summed E-state index contributed by atoms with van der Waals surface area (Å²) in [7, 11) is 0. The second-order valence-electron chi connectivity index (χ2n) is 8.02. The van der Waals surface area contributed by atoms with Gasteiger partial charge in [0.1, 0.15) is 13.2 Å². The Morgan fingerprint density at radius 3 is 2.47 bits per heavy atom. The Morgan fingerprint density at radius 1 is 1.17 bits per heavy atom. The average molecular weight is 427 g/mol. The van der Waals surface area contributed by atoms with Gasteiger partial charge < -0.3 is 24.6 Å². The number of carbonyl (C=O) groups excluding carboxylic acids is 2. The van der Waals surface area contributed by atoms with Crippen molar-refractivity contribution in [2.45, 2.75) is 37.1 Å². The van der Waals surface area contributed by atoms with Crippen LogP contribution in [0.4, 0.5) is 23.7 Å². The van der Waals surface area contributed by atoms with Crippen LogP contribution in [0.3, 0.4) is 0 Å². The number of cyclic esters (lactones) is 1. The predicted molar refractivity (Wildman–Crippen MR) is 101 cm³/mol. The molecule has 3 saturated heterocycles. The van der Waals surface area contributed by atoms with Gasteiger partial charge in [-0.15, -0.1) is 0 Å². The largest absolute Gasteiger partial charge is 0.447 e. The number of likely N-dealkylation sites (tertiary alicyclic amines) is 1. The molecule has 0 bridgehead atoms. The summed E-state index contributed by atoms with van der Waals surface area (Å²) in [5.41, 5.74) is 2.10. The molecule has 0 radical (unpaired) electrons. The summed E-state index contributed by atoms with van der Waals surface area (Å²) in [6.45, 7) is 1.35. The van der Waals surface area contributed by atoms with Crippen molar-refractivity contribution in [3.05, 3.63) is 29.8 Å². The third-order valence-electron chi connectivity index (χ3n) is 5.74. The fourth-order valence-corrected chi connectivity index (χ4v) is 3.85. The van der Waals surface area contributed by atoms with Crippen LogP contribution in [0.25, 0.3) is 0 Å². The van der Waals surface area contributed by atoms with Crippen LogP contribution in [0.15, 0.2) is 24.3 Å². The zero-order chi connectivity index (χ0) is 21.3. The molecule has 1 aromatic carbocycles. The van der Waals surface area contributed by atoms with Gasteiger partial charge in [-0.1, -0.05) is 12.1 Å². The van der Waals surface area contributed by atoms with Gasteiger partial charge in [0.15, 0.2) is 0 Å². The highest BCUT2D eigenvalue weighted by Crippen LogP contribution is 2.31. The van der Waals surface area contributed by atoms with E-state index in [0.717, 1.165) is 11.3 Å². The monoisotopic (exact) mass is 427 g/mol. The molecule has 10 heteroatoms. The first-order chi connectivity index (χ1) is 14.3. The maximum Gasteiger partial charge on any atom is 0.411 e. The Labute approximate surface area is 172 Å². The minimum absolute atomic E-state index is 0.0782. The quantitative estimate of drug-likeness (QED) is 0.723. The summed E-state index contributed by atoms with van der Waals surface area (Å²) in [6, 6.07) is 7.85. The molecular formula is C20H24F3N3O4. The van der Waals surface area contributed by atoms with Gasteiger partial charge in [0.25, 0.3) is 0 Å². The molecule has 0 aliphatic carbocycles. The van der Waals surface area contributed by atoms with Crippen molar-refractivity contribution >= 4 is 17.7 Å². The number of amides is 2. The number of ether oxygens (including phenoxy) is 2. The molecule has 0 saturated carbocycles. The van der Waals surface area contributed by atoms with Gasteiger partial charge >= 0.3 is 12.3 Å². The topological polar surface area (TPSA) is 71.1 Å². The molecule has 3 aliphatic heterocycles. The smallest absolute Gasteiger partial charge is 0.411 e. The first kappa shape index (κ1) is 20.8. The number of nitrogens with one attached hydrogen (secondary N) is 1. The number of carbonyl (C=O) groups is 2. The summed E-state index contributed by atoms with van der Waals surface area (Å²) >= 11 is 0. The van der Waals surface area contributed by atoms with Crippen LogP contribution < -0.4 is 10.2 Å². The van der Waals surface area contributed by atoms with Gasteiger partial charge in [0.2, 0.25) is 5.91 Å². The van der Waals surface area contributed by atoms with E-state index in [9.17, 15) is 22.8 Å². The van der Waals surface area contributed by atoms with E-state index in [1.54, 1.807) is 0 Å². The number of rotatable bonds is 7. The number of alkyl carbamates (subject to hydrolysis) is 1. The number of nitrogens with zero attached hydrogens (tertiary/aromatic N) is 2. The summed E-state index contributed by atoms with van der Waals surface area (Å²) in [4.78, 5) is 27.0. The highest BCUT2D eigenvalue weighted by Gasteiger charge is 2.35. The van der Waals surface area contributed by atoms with Gasteiger partial charge in [-0.05, 0) is 24.1 Å². The minimum atomic E-state index is -4.29. The number of alkyl halides is 3. The SMILES string of the molecule is O=C1N[C@H](CCC(=O)N2CC(c3ccc(N4CC(OCC(F)(F)F)C4)cc3)C2)CO1. The summed E-state index contributed by atoms with van der Waals surface area (Å²) in [5.74, 6) is 0.367. The van der Waals surface area contributed by atoms with Crippen molar-refractivity contribution in [1.82, 2.24) is 10.2 Å². The highest BCUT2D eigenvalue weighted by atomic mass is 19.4. The third-order valence-corrected chi connectivity index (χ3v) is 5.74.